The number of ether oxygens (including phenoxy) is 1. The van der Waals surface area contributed by atoms with Crippen LogP contribution in [-0.4, -0.2) is 19.6 Å². The molecule has 26 heavy (non-hydrogen) atoms. The summed E-state index contributed by atoms with van der Waals surface area (Å²) in [5.41, 5.74) is 0.822. The molecule has 140 valence electrons. The summed E-state index contributed by atoms with van der Waals surface area (Å²) in [5, 5.41) is 0. The largest absolute Gasteiger partial charge is 0.462 e. The van der Waals surface area contributed by atoms with Gasteiger partial charge in [0.2, 0.25) is 0 Å². The number of nitrogens with zero attached hydrogens (tertiary/aromatic N) is 1. The first-order valence-electron chi connectivity index (χ1n) is 8.42. The summed E-state index contributed by atoms with van der Waals surface area (Å²) in [6, 6.07) is 5.38. The smallest absolute Gasteiger partial charge is 0.418 e. The summed E-state index contributed by atoms with van der Waals surface area (Å²) >= 11 is 0. The Bertz CT molecular complexity index is 748. The highest BCUT2D eigenvalue weighted by Gasteiger charge is 2.34. The monoisotopic (exact) mass is 365 g/mol. The Hall–Kier alpha value is -2.50. The number of anilines is 1. The van der Waals surface area contributed by atoms with Gasteiger partial charge in [0, 0.05) is 12.7 Å². The number of halogens is 3. The highest BCUT2D eigenvalue weighted by Crippen LogP contribution is 2.39. The van der Waals surface area contributed by atoms with Crippen molar-refractivity contribution in [2.75, 3.05) is 18.6 Å². The van der Waals surface area contributed by atoms with E-state index in [-0.39, 0.29) is 17.9 Å². The van der Waals surface area contributed by atoms with E-state index in [4.69, 9.17) is 4.74 Å². The molecule has 0 aromatic heterocycles. The lowest BCUT2D eigenvalue weighted by molar-refractivity contribution is -0.138. The van der Waals surface area contributed by atoms with E-state index in [0.717, 1.165) is 30.9 Å². The van der Waals surface area contributed by atoms with Crippen LogP contribution in [0.4, 0.5) is 18.9 Å². The number of hydrogen-bond acceptors (Lipinski definition) is 3. The summed E-state index contributed by atoms with van der Waals surface area (Å²) in [6.07, 6.45) is 1.53. The van der Waals surface area contributed by atoms with E-state index < -0.39 is 17.7 Å². The molecule has 0 atom stereocenters. The lowest BCUT2D eigenvalue weighted by atomic mass is 10.1. The normalized spacial score (nSPS) is 14.8. The molecule has 0 radical (unpaired) electrons. The molecule has 0 aliphatic heterocycles. The van der Waals surface area contributed by atoms with E-state index in [9.17, 15) is 18.0 Å². The molecule has 0 unspecified atom stereocenters. The van der Waals surface area contributed by atoms with Gasteiger partial charge >= 0.3 is 12.1 Å². The molecule has 0 fully saturated rings. The van der Waals surface area contributed by atoms with Crippen LogP contribution in [0.5, 0.6) is 0 Å². The Kier molecular flexibility index (Phi) is 6.29. The van der Waals surface area contributed by atoms with Crippen LogP contribution in [0.2, 0.25) is 0 Å². The second-order valence-corrected chi connectivity index (χ2v) is 5.97. The van der Waals surface area contributed by atoms with Crippen LogP contribution < -0.4 is 4.90 Å². The molecule has 0 amide bonds. The number of esters is 1. The minimum Gasteiger partial charge on any atom is -0.462 e. The zero-order valence-corrected chi connectivity index (χ0v) is 14.9. The first-order chi connectivity index (χ1) is 12.3. The first kappa shape index (κ1) is 19.8. The van der Waals surface area contributed by atoms with E-state index >= 15 is 0 Å². The van der Waals surface area contributed by atoms with Gasteiger partial charge in [-0.05, 0) is 50.0 Å². The number of alkyl halides is 3. The quantitative estimate of drug-likeness (QED) is 0.391. The molecule has 1 aromatic carbocycles. The topological polar surface area (TPSA) is 29.5 Å². The molecule has 0 N–H and O–H groups in total. The summed E-state index contributed by atoms with van der Waals surface area (Å²) < 4.78 is 45.1. The van der Waals surface area contributed by atoms with Crippen molar-refractivity contribution in [2.24, 2.45) is 0 Å². The van der Waals surface area contributed by atoms with Crippen LogP contribution in [0.1, 0.15) is 31.7 Å². The van der Waals surface area contributed by atoms with Crippen molar-refractivity contribution in [3.63, 3.8) is 0 Å². The molecule has 6 heteroatoms. The van der Waals surface area contributed by atoms with Crippen LogP contribution in [0, 0.1) is 0 Å². The van der Waals surface area contributed by atoms with Crippen LogP contribution in [0.3, 0.4) is 0 Å². The maximum Gasteiger partial charge on any atom is 0.418 e. The van der Waals surface area contributed by atoms with E-state index in [1.807, 2.05) is 6.08 Å². The van der Waals surface area contributed by atoms with Crippen molar-refractivity contribution in [1.82, 2.24) is 0 Å². The number of likely N-dealkylation sites (N-methyl/N-ethyl adjacent to an activating group) is 1. The molecule has 3 nitrogen and oxygen atoms in total. The molecule has 1 aliphatic carbocycles. The minimum atomic E-state index is -4.47. The Morgan fingerprint density at radius 3 is 2.62 bits per heavy atom. The average molecular weight is 365 g/mol. The van der Waals surface area contributed by atoms with Gasteiger partial charge in [0.1, 0.15) is 0 Å². The third-order valence-corrected chi connectivity index (χ3v) is 4.15. The molecule has 0 saturated heterocycles. The van der Waals surface area contributed by atoms with Gasteiger partial charge < -0.3 is 9.64 Å². The van der Waals surface area contributed by atoms with Crippen molar-refractivity contribution < 1.29 is 22.7 Å². The van der Waals surface area contributed by atoms with E-state index in [2.05, 4.69) is 6.58 Å². The van der Waals surface area contributed by atoms with Gasteiger partial charge in [-0.1, -0.05) is 24.8 Å². The first-order valence-corrected chi connectivity index (χ1v) is 8.42. The standard InChI is InChI=1S/C20H22F3NO2/c1-4-26-19(25)14(2)13-18(15-9-5-6-10-15)24(3)17-12-8-7-11-16(17)20(21,22)23/h7-9,11-13H,2,4-6,10H2,1,3H3/b18-13-. The van der Waals surface area contributed by atoms with Gasteiger partial charge in [-0.25, -0.2) is 4.79 Å². The summed E-state index contributed by atoms with van der Waals surface area (Å²) in [6.45, 7) is 5.59. The van der Waals surface area contributed by atoms with Gasteiger partial charge in [-0.15, -0.1) is 0 Å². The summed E-state index contributed by atoms with van der Waals surface area (Å²) in [5.74, 6) is -0.582. The third kappa shape index (κ3) is 4.56. The molecule has 0 saturated carbocycles. The Labute approximate surface area is 151 Å². The summed E-state index contributed by atoms with van der Waals surface area (Å²) in [7, 11) is 1.56. The number of rotatable bonds is 6. The van der Waals surface area contributed by atoms with Crippen molar-refractivity contribution in [3.8, 4) is 0 Å². The van der Waals surface area contributed by atoms with Gasteiger partial charge in [0.25, 0.3) is 0 Å². The molecule has 0 spiro atoms. The Morgan fingerprint density at radius 1 is 1.35 bits per heavy atom. The zero-order chi connectivity index (χ0) is 19.3. The lowest BCUT2D eigenvalue weighted by Crippen LogP contribution is -2.22. The maximum atomic E-state index is 13.4. The highest BCUT2D eigenvalue weighted by atomic mass is 19.4. The Balaban J connectivity index is 2.47. The predicted octanol–water partition coefficient (Wildman–Crippen LogP) is 5.26. The molecule has 1 aromatic rings. The molecular weight excluding hydrogens is 343 g/mol. The number of benzene rings is 1. The lowest BCUT2D eigenvalue weighted by Gasteiger charge is -2.27. The number of carbonyl (C=O) groups excluding carboxylic acids is 1. The second kappa shape index (κ2) is 8.25. The van der Waals surface area contributed by atoms with Gasteiger partial charge in [0.15, 0.2) is 0 Å². The highest BCUT2D eigenvalue weighted by molar-refractivity contribution is 5.91. The number of para-hydroxylation sites is 1. The van der Waals surface area contributed by atoms with Crippen molar-refractivity contribution in [1.29, 1.82) is 0 Å². The SMILES string of the molecule is C=C(/C=C(/C1=CCCC1)N(C)c1ccccc1C(F)(F)F)C(=O)OCC. The van der Waals surface area contributed by atoms with Gasteiger partial charge in [-0.3, -0.25) is 0 Å². The average Bonchev–Trinajstić information content (AvgIpc) is 3.12. The summed E-state index contributed by atoms with van der Waals surface area (Å²) in [4.78, 5) is 13.4. The van der Waals surface area contributed by atoms with Gasteiger partial charge in [0.05, 0.1) is 23.4 Å². The number of hydrogen-bond donors (Lipinski definition) is 0. The van der Waals surface area contributed by atoms with Crippen LogP contribution >= 0.6 is 0 Å². The predicted molar refractivity (Wildman–Crippen MR) is 95.6 cm³/mol. The van der Waals surface area contributed by atoms with E-state index in [0.29, 0.717) is 5.70 Å². The third-order valence-electron chi connectivity index (χ3n) is 4.15. The molecule has 2 rings (SSSR count). The van der Waals surface area contributed by atoms with Crippen molar-refractivity contribution in [3.05, 3.63) is 65.4 Å². The number of allylic oxidation sites excluding steroid dienone is 2. The van der Waals surface area contributed by atoms with Crippen molar-refractivity contribution >= 4 is 11.7 Å². The van der Waals surface area contributed by atoms with Crippen LogP contribution in [0.15, 0.2) is 59.8 Å². The second-order valence-electron chi connectivity index (χ2n) is 5.97. The fourth-order valence-corrected chi connectivity index (χ4v) is 2.89. The van der Waals surface area contributed by atoms with E-state index in [1.54, 1.807) is 20.0 Å². The maximum absolute atomic E-state index is 13.4. The molecule has 0 heterocycles. The van der Waals surface area contributed by atoms with E-state index in [1.165, 1.54) is 23.1 Å². The van der Waals surface area contributed by atoms with Gasteiger partial charge in [-0.2, -0.15) is 13.2 Å². The molecule has 0 bridgehead atoms. The zero-order valence-electron chi connectivity index (χ0n) is 14.9. The van der Waals surface area contributed by atoms with Crippen LogP contribution in [0.25, 0.3) is 0 Å². The fourth-order valence-electron chi connectivity index (χ4n) is 2.89. The van der Waals surface area contributed by atoms with Crippen molar-refractivity contribution in [2.45, 2.75) is 32.4 Å². The fraction of sp³-hybridized carbons (Fsp3) is 0.350. The number of carbonyl (C=O) groups is 1. The minimum absolute atomic E-state index is 0.0238. The van der Waals surface area contributed by atoms with Crippen LogP contribution in [-0.2, 0) is 15.7 Å². The molecule has 1 aliphatic rings. The Morgan fingerprint density at radius 2 is 2.04 bits per heavy atom. The molecular formula is C20H22F3NO2.